The van der Waals surface area contributed by atoms with Gasteiger partial charge in [-0.3, -0.25) is 4.79 Å². The van der Waals surface area contributed by atoms with E-state index in [4.69, 9.17) is 0 Å². The van der Waals surface area contributed by atoms with Gasteiger partial charge in [0.05, 0.1) is 22.2 Å². The van der Waals surface area contributed by atoms with E-state index in [1.165, 1.54) is 49.5 Å². The number of aromatic nitrogens is 1. The highest BCUT2D eigenvalue weighted by Crippen LogP contribution is 2.34. The number of sulfone groups is 1. The molecule has 29 heavy (non-hydrogen) atoms. The molecule has 1 N–H and O–H groups in total. The third kappa shape index (κ3) is 6.02. The number of rotatable bonds is 8. The second kappa shape index (κ2) is 9.71. The molecule has 154 valence electrons. The predicted octanol–water partition coefficient (Wildman–Crippen LogP) is 4.97. The SMILES string of the molecule is CS(=O)(=O)c1ccc([C@@H](CCC2CCCC2)C(=O)Nc2ncc(N=C=S)s2)cc1. The van der Waals surface area contributed by atoms with Gasteiger partial charge in [-0.05, 0) is 48.7 Å². The molecule has 1 aliphatic rings. The van der Waals surface area contributed by atoms with E-state index in [-0.39, 0.29) is 16.7 Å². The first kappa shape index (κ1) is 21.8. The van der Waals surface area contributed by atoms with E-state index < -0.39 is 9.84 Å². The summed E-state index contributed by atoms with van der Waals surface area (Å²) in [5, 5.41) is 6.19. The van der Waals surface area contributed by atoms with Crippen LogP contribution in [0.4, 0.5) is 10.1 Å². The Labute approximate surface area is 180 Å². The van der Waals surface area contributed by atoms with E-state index in [0.717, 1.165) is 12.0 Å². The van der Waals surface area contributed by atoms with Gasteiger partial charge in [0.15, 0.2) is 15.0 Å². The van der Waals surface area contributed by atoms with Gasteiger partial charge in [0.1, 0.15) is 5.00 Å². The molecule has 1 fully saturated rings. The summed E-state index contributed by atoms with van der Waals surface area (Å²) in [4.78, 5) is 21.3. The zero-order valence-corrected chi connectivity index (χ0v) is 18.6. The highest BCUT2D eigenvalue weighted by atomic mass is 32.2. The zero-order chi connectivity index (χ0) is 20.9. The highest BCUT2D eigenvalue weighted by Gasteiger charge is 2.25. The van der Waals surface area contributed by atoms with Crippen LogP contribution in [0.15, 0.2) is 40.4 Å². The van der Waals surface area contributed by atoms with E-state index in [9.17, 15) is 13.2 Å². The number of thiocarbonyl (C=S) groups is 1. The molecule has 0 unspecified atom stereocenters. The lowest BCUT2D eigenvalue weighted by Gasteiger charge is -2.19. The summed E-state index contributed by atoms with van der Waals surface area (Å²) in [6.45, 7) is 0. The van der Waals surface area contributed by atoms with Crippen LogP contribution in [0.2, 0.25) is 0 Å². The van der Waals surface area contributed by atoms with Crippen molar-refractivity contribution in [2.75, 3.05) is 11.6 Å². The summed E-state index contributed by atoms with van der Waals surface area (Å²) < 4.78 is 23.5. The lowest BCUT2D eigenvalue weighted by atomic mass is 9.89. The molecule has 1 atom stereocenters. The van der Waals surface area contributed by atoms with Gasteiger partial charge in [0.25, 0.3) is 0 Å². The van der Waals surface area contributed by atoms with Crippen LogP contribution in [-0.2, 0) is 14.6 Å². The number of aliphatic imine (C=N–C) groups is 1. The third-order valence-corrected chi connectivity index (χ3v) is 7.27. The van der Waals surface area contributed by atoms with E-state index >= 15 is 0 Å². The molecule has 1 aromatic carbocycles. The van der Waals surface area contributed by atoms with E-state index in [2.05, 4.69) is 32.7 Å². The van der Waals surface area contributed by atoms with Crippen LogP contribution in [0.25, 0.3) is 0 Å². The summed E-state index contributed by atoms with van der Waals surface area (Å²) in [5.41, 5.74) is 0.807. The summed E-state index contributed by atoms with van der Waals surface area (Å²) in [6, 6.07) is 6.60. The molecule has 2 aromatic rings. The molecule has 0 spiro atoms. The number of nitrogens with zero attached hydrogens (tertiary/aromatic N) is 2. The average Bonchev–Trinajstić information content (AvgIpc) is 3.34. The molecular weight excluding hydrogens is 426 g/mol. The zero-order valence-electron chi connectivity index (χ0n) is 16.1. The normalized spacial score (nSPS) is 15.6. The summed E-state index contributed by atoms with van der Waals surface area (Å²) >= 11 is 5.82. The standard InChI is InChI=1S/C20H23N3O3S3/c1-29(25,26)16-9-7-15(8-10-16)17(11-6-14-4-2-3-5-14)19(24)23-20-21-12-18(28-20)22-13-27/h7-10,12,14,17H,2-6,11H2,1H3,(H,21,23,24)/t17-/m1/s1. The first-order valence-corrected chi connectivity index (χ1v) is 12.6. The average molecular weight is 450 g/mol. The van der Waals surface area contributed by atoms with Gasteiger partial charge in [0.2, 0.25) is 5.91 Å². The van der Waals surface area contributed by atoms with Crippen LogP contribution in [0.5, 0.6) is 0 Å². The molecule has 1 aromatic heterocycles. The van der Waals surface area contributed by atoms with Crippen LogP contribution >= 0.6 is 23.6 Å². The number of anilines is 1. The molecule has 1 heterocycles. The van der Waals surface area contributed by atoms with Crippen LogP contribution in [0, 0.1) is 5.92 Å². The molecule has 0 bridgehead atoms. The fourth-order valence-corrected chi connectivity index (χ4v) is 5.15. The lowest BCUT2D eigenvalue weighted by molar-refractivity contribution is -0.117. The van der Waals surface area contributed by atoms with Gasteiger partial charge in [-0.15, -0.1) is 0 Å². The Morgan fingerprint density at radius 1 is 1.34 bits per heavy atom. The summed E-state index contributed by atoms with van der Waals surface area (Å²) in [5.74, 6) is 0.136. The van der Waals surface area contributed by atoms with Gasteiger partial charge in [-0.25, -0.2) is 13.4 Å². The molecule has 9 heteroatoms. The van der Waals surface area contributed by atoms with Crippen molar-refractivity contribution in [3.63, 3.8) is 0 Å². The van der Waals surface area contributed by atoms with E-state index in [0.29, 0.717) is 22.5 Å². The van der Waals surface area contributed by atoms with Crippen molar-refractivity contribution in [2.45, 2.75) is 49.3 Å². The molecule has 0 aliphatic heterocycles. The number of benzene rings is 1. The fourth-order valence-electron chi connectivity index (χ4n) is 3.71. The van der Waals surface area contributed by atoms with Crippen molar-refractivity contribution >= 4 is 54.6 Å². The number of nitrogens with one attached hydrogen (secondary N) is 1. The monoisotopic (exact) mass is 449 g/mol. The highest BCUT2D eigenvalue weighted by molar-refractivity contribution is 7.90. The van der Waals surface area contributed by atoms with Crippen molar-refractivity contribution in [2.24, 2.45) is 10.9 Å². The minimum absolute atomic E-state index is 0.151. The van der Waals surface area contributed by atoms with Crippen molar-refractivity contribution in [1.29, 1.82) is 0 Å². The summed E-state index contributed by atoms with van der Waals surface area (Å²) in [6.07, 6.45) is 9.34. The van der Waals surface area contributed by atoms with Gasteiger partial charge in [0, 0.05) is 6.26 Å². The molecule has 1 amide bonds. The Hall–Kier alpha value is -1.93. The number of isothiocyanates is 1. The second-order valence-electron chi connectivity index (χ2n) is 7.32. The second-order valence-corrected chi connectivity index (χ2v) is 10.5. The Morgan fingerprint density at radius 3 is 2.66 bits per heavy atom. The van der Waals surface area contributed by atoms with Crippen LogP contribution in [0.1, 0.15) is 50.0 Å². The van der Waals surface area contributed by atoms with Gasteiger partial charge in [-0.1, -0.05) is 49.2 Å². The van der Waals surface area contributed by atoms with Gasteiger partial charge >= 0.3 is 0 Å². The largest absolute Gasteiger partial charge is 0.301 e. The minimum atomic E-state index is -3.28. The van der Waals surface area contributed by atoms with Crippen molar-refractivity contribution in [3.05, 3.63) is 36.0 Å². The van der Waals surface area contributed by atoms with Crippen LogP contribution < -0.4 is 5.32 Å². The Kier molecular flexibility index (Phi) is 7.29. The maximum Gasteiger partial charge on any atom is 0.233 e. The first-order chi connectivity index (χ1) is 13.9. The van der Waals surface area contributed by atoms with Crippen molar-refractivity contribution in [3.8, 4) is 0 Å². The minimum Gasteiger partial charge on any atom is -0.301 e. The van der Waals surface area contributed by atoms with Crippen LogP contribution in [-0.4, -0.2) is 30.7 Å². The maximum absolute atomic E-state index is 13.0. The lowest BCUT2D eigenvalue weighted by Crippen LogP contribution is -2.22. The van der Waals surface area contributed by atoms with Crippen molar-refractivity contribution < 1.29 is 13.2 Å². The molecular formula is C20H23N3O3S3. The number of carbonyl (C=O) groups is 1. The molecule has 1 aliphatic carbocycles. The third-order valence-electron chi connectivity index (χ3n) is 5.24. The summed E-state index contributed by atoms with van der Waals surface area (Å²) in [7, 11) is -3.28. The predicted molar refractivity (Wildman–Crippen MR) is 119 cm³/mol. The Balaban J connectivity index is 1.78. The molecule has 6 nitrogen and oxygen atoms in total. The smallest absolute Gasteiger partial charge is 0.233 e. The van der Waals surface area contributed by atoms with Crippen LogP contribution in [0.3, 0.4) is 0 Å². The molecule has 1 saturated carbocycles. The number of amides is 1. The number of carbonyl (C=O) groups excluding carboxylic acids is 1. The Morgan fingerprint density at radius 2 is 2.03 bits per heavy atom. The van der Waals surface area contributed by atoms with E-state index in [1.807, 2.05) is 0 Å². The molecule has 3 rings (SSSR count). The van der Waals surface area contributed by atoms with Crippen molar-refractivity contribution in [1.82, 2.24) is 4.98 Å². The molecule has 0 saturated heterocycles. The maximum atomic E-state index is 13.0. The quantitative estimate of drug-likeness (QED) is 0.454. The first-order valence-electron chi connectivity index (χ1n) is 9.51. The molecule has 0 radical (unpaired) electrons. The van der Waals surface area contributed by atoms with Gasteiger partial charge in [-0.2, -0.15) is 4.99 Å². The Bertz CT molecular complexity index is 1000. The number of hydrogen-bond donors (Lipinski definition) is 1. The topological polar surface area (TPSA) is 88.5 Å². The van der Waals surface area contributed by atoms with Gasteiger partial charge < -0.3 is 5.32 Å². The number of hydrogen-bond acceptors (Lipinski definition) is 7. The fraction of sp³-hybridized carbons (Fsp3) is 0.450. The number of thiazole rings is 1. The van der Waals surface area contributed by atoms with E-state index in [1.54, 1.807) is 24.3 Å².